The molecule has 0 aromatic heterocycles. The Kier molecular flexibility index (Phi) is 5.89. The summed E-state index contributed by atoms with van der Waals surface area (Å²) in [5.74, 6) is -0.183. The Morgan fingerprint density at radius 2 is 2.09 bits per heavy atom. The van der Waals surface area contributed by atoms with E-state index in [1.165, 1.54) is 6.07 Å². The normalized spacial score (nSPS) is 19.7. The molecule has 1 atom stereocenters. The van der Waals surface area contributed by atoms with Crippen LogP contribution in [-0.2, 0) is 11.3 Å². The molecule has 0 aliphatic carbocycles. The van der Waals surface area contributed by atoms with Crippen LogP contribution in [0.25, 0.3) is 0 Å². The number of nitrogens with zero attached hydrogens (tertiary/aromatic N) is 2. The van der Waals surface area contributed by atoms with E-state index >= 15 is 0 Å². The molecule has 1 amide bonds. The molecule has 1 aliphatic rings. The lowest BCUT2D eigenvalue weighted by molar-refractivity contribution is 0.000556. The van der Waals surface area contributed by atoms with E-state index in [2.05, 4.69) is 4.90 Å². The van der Waals surface area contributed by atoms with Crippen molar-refractivity contribution >= 4 is 28.7 Å². The highest BCUT2D eigenvalue weighted by atomic mass is 127. The van der Waals surface area contributed by atoms with Gasteiger partial charge in [0.25, 0.3) is 0 Å². The second kappa shape index (κ2) is 7.34. The summed E-state index contributed by atoms with van der Waals surface area (Å²) >= 11 is 2.01. The van der Waals surface area contributed by atoms with Gasteiger partial charge in [-0.05, 0) is 68.0 Å². The lowest BCUT2D eigenvalue weighted by atomic mass is 10.1. The quantitative estimate of drug-likeness (QED) is 0.663. The van der Waals surface area contributed by atoms with Crippen molar-refractivity contribution in [1.82, 2.24) is 9.80 Å². The van der Waals surface area contributed by atoms with Crippen molar-refractivity contribution in [3.8, 4) is 0 Å². The molecule has 0 saturated carbocycles. The van der Waals surface area contributed by atoms with Gasteiger partial charge in [-0.2, -0.15) is 0 Å². The maximum Gasteiger partial charge on any atom is 0.410 e. The maximum absolute atomic E-state index is 13.3. The summed E-state index contributed by atoms with van der Waals surface area (Å²) in [7, 11) is 0. The molecule has 0 spiro atoms. The zero-order chi connectivity index (χ0) is 17.2. The summed E-state index contributed by atoms with van der Waals surface area (Å²) in [6.45, 7) is 10.7. The van der Waals surface area contributed by atoms with Crippen LogP contribution in [0, 0.1) is 9.39 Å². The second-order valence-electron chi connectivity index (χ2n) is 7.01. The molecule has 4 nitrogen and oxygen atoms in total. The molecule has 1 saturated heterocycles. The fourth-order valence-electron chi connectivity index (χ4n) is 2.66. The summed E-state index contributed by atoms with van der Waals surface area (Å²) in [6.07, 6.45) is -0.249. The summed E-state index contributed by atoms with van der Waals surface area (Å²) < 4.78 is 19.4. The predicted octanol–water partition coefficient (Wildman–Crippen LogP) is 3.87. The SMILES string of the molecule is C[C@H]1CN(Cc2ccc(F)c(I)c2)CCN1C(=O)OC(C)(C)C. The van der Waals surface area contributed by atoms with Crippen LogP contribution in [0.3, 0.4) is 0 Å². The third-order valence-corrected chi connectivity index (χ3v) is 4.56. The Bertz CT molecular complexity index is 574. The zero-order valence-corrected chi connectivity index (χ0v) is 16.3. The first-order valence-electron chi connectivity index (χ1n) is 7.81. The zero-order valence-electron chi connectivity index (χ0n) is 14.1. The third kappa shape index (κ3) is 5.31. The molecule has 0 radical (unpaired) electrons. The van der Waals surface area contributed by atoms with Gasteiger partial charge in [0.15, 0.2) is 0 Å². The van der Waals surface area contributed by atoms with E-state index in [0.29, 0.717) is 10.1 Å². The molecule has 1 aromatic rings. The fraction of sp³-hybridized carbons (Fsp3) is 0.588. The van der Waals surface area contributed by atoms with Gasteiger partial charge < -0.3 is 9.64 Å². The summed E-state index contributed by atoms with van der Waals surface area (Å²) in [4.78, 5) is 16.3. The van der Waals surface area contributed by atoms with Crippen LogP contribution >= 0.6 is 22.6 Å². The molecule has 23 heavy (non-hydrogen) atoms. The minimum atomic E-state index is -0.473. The molecule has 2 rings (SSSR count). The van der Waals surface area contributed by atoms with E-state index < -0.39 is 5.60 Å². The number of rotatable bonds is 2. The maximum atomic E-state index is 13.3. The van der Waals surface area contributed by atoms with Gasteiger partial charge >= 0.3 is 6.09 Å². The van der Waals surface area contributed by atoms with Gasteiger partial charge in [-0.3, -0.25) is 4.90 Å². The molecule has 0 N–H and O–H groups in total. The minimum absolute atomic E-state index is 0.0955. The van der Waals surface area contributed by atoms with Gasteiger partial charge in [-0.15, -0.1) is 0 Å². The number of hydrogen-bond acceptors (Lipinski definition) is 3. The Balaban J connectivity index is 1.93. The van der Waals surface area contributed by atoms with Crippen molar-refractivity contribution in [2.24, 2.45) is 0 Å². The van der Waals surface area contributed by atoms with E-state index in [-0.39, 0.29) is 18.0 Å². The number of halogens is 2. The van der Waals surface area contributed by atoms with Gasteiger partial charge in [-0.1, -0.05) is 6.07 Å². The predicted molar refractivity (Wildman–Crippen MR) is 96.8 cm³/mol. The fourth-order valence-corrected chi connectivity index (χ4v) is 3.24. The van der Waals surface area contributed by atoms with E-state index in [1.807, 2.05) is 62.4 Å². The number of hydrogen-bond donors (Lipinski definition) is 0. The molecule has 128 valence electrons. The average Bonchev–Trinajstić information content (AvgIpc) is 2.41. The monoisotopic (exact) mass is 434 g/mol. The first-order chi connectivity index (χ1) is 10.7. The Morgan fingerprint density at radius 1 is 1.39 bits per heavy atom. The topological polar surface area (TPSA) is 32.8 Å². The van der Waals surface area contributed by atoms with E-state index in [9.17, 15) is 9.18 Å². The van der Waals surface area contributed by atoms with Crippen LogP contribution in [0.5, 0.6) is 0 Å². The van der Waals surface area contributed by atoms with Gasteiger partial charge in [-0.25, -0.2) is 9.18 Å². The van der Waals surface area contributed by atoms with E-state index in [0.717, 1.165) is 25.2 Å². The number of piperazine rings is 1. The van der Waals surface area contributed by atoms with Crippen molar-refractivity contribution in [2.75, 3.05) is 19.6 Å². The lowest BCUT2D eigenvalue weighted by Gasteiger charge is -2.40. The lowest BCUT2D eigenvalue weighted by Crippen LogP contribution is -2.54. The largest absolute Gasteiger partial charge is 0.444 e. The molecule has 6 heteroatoms. The van der Waals surface area contributed by atoms with Gasteiger partial charge in [0.2, 0.25) is 0 Å². The number of carbonyl (C=O) groups excluding carboxylic acids is 1. The highest BCUT2D eigenvalue weighted by molar-refractivity contribution is 14.1. The van der Waals surface area contributed by atoms with Gasteiger partial charge in [0.05, 0.1) is 0 Å². The van der Waals surface area contributed by atoms with E-state index in [1.54, 1.807) is 4.90 Å². The molecule has 0 unspecified atom stereocenters. The van der Waals surface area contributed by atoms with E-state index in [4.69, 9.17) is 4.74 Å². The highest BCUT2D eigenvalue weighted by Crippen LogP contribution is 2.19. The number of amides is 1. The standard InChI is InChI=1S/C17H24FIN2O2/c1-12-10-20(11-13-5-6-14(18)15(19)9-13)7-8-21(12)16(22)23-17(2,3)4/h5-6,9,12H,7-8,10-11H2,1-4H3/t12-/m0/s1. The molecular weight excluding hydrogens is 410 g/mol. The van der Waals surface area contributed by atoms with Crippen molar-refractivity contribution in [3.63, 3.8) is 0 Å². The molecule has 1 aromatic carbocycles. The number of carbonyl (C=O) groups is 1. The number of ether oxygens (including phenoxy) is 1. The molecule has 1 aliphatic heterocycles. The first-order valence-corrected chi connectivity index (χ1v) is 8.89. The number of benzene rings is 1. The molecular formula is C17H24FIN2O2. The molecule has 1 heterocycles. The Labute approximate surface area is 151 Å². The van der Waals surface area contributed by atoms with Crippen molar-refractivity contribution in [1.29, 1.82) is 0 Å². The second-order valence-corrected chi connectivity index (χ2v) is 8.17. The summed E-state index contributed by atoms with van der Waals surface area (Å²) in [6, 6.07) is 5.30. The first kappa shape index (κ1) is 18.4. The average molecular weight is 434 g/mol. The summed E-state index contributed by atoms with van der Waals surface area (Å²) in [5, 5.41) is 0. The van der Waals surface area contributed by atoms with Gasteiger partial charge in [0.1, 0.15) is 11.4 Å². The molecule has 1 fully saturated rings. The van der Waals surface area contributed by atoms with Gasteiger partial charge in [0, 0.05) is 35.8 Å². The Hall–Kier alpha value is -0.890. The van der Waals surface area contributed by atoms with Crippen LogP contribution in [0.15, 0.2) is 18.2 Å². The summed E-state index contributed by atoms with van der Waals surface area (Å²) in [5.41, 5.74) is 0.618. The molecule has 0 bridgehead atoms. The smallest absolute Gasteiger partial charge is 0.410 e. The van der Waals surface area contributed by atoms with Crippen LogP contribution < -0.4 is 0 Å². The van der Waals surface area contributed by atoms with Crippen molar-refractivity contribution < 1.29 is 13.9 Å². The van der Waals surface area contributed by atoms with Crippen molar-refractivity contribution in [2.45, 2.75) is 45.9 Å². The third-order valence-electron chi connectivity index (χ3n) is 3.73. The van der Waals surface area contributed by atoms with Crippen molar-refractivity contribution in [3.05, 3.63) is 33.1 Å². The van der Waals surface area contributed by atoms with Crippen LogP contribution in [0.4, 0.5) is 9.18 Å². The van der Waals surface area contributed by atoms with Crippen LogP contribution in [0.1, 0.15) is 33.3 Å². The Morgan fingerprint density at radius 3 is 2.65 bits per heavy atom. The minimum Gasteiger partial charge on any atom is -0.444 e. The van der Waals surface area contributed by atoms with Crippen LogP contribution in [0.2, 0.25) is 0 Å². The highest BCUT2D eigenvalue weighted by Gasteiger charge is 2.30. The van der Waals surface area contributed by atoms with Crippen LogP contribution in [-0.4, -0.2) is 47.2 Å².